The number of nitrogens with one attached hydrogen (secondary N) is 1. The van der Waals surface area contributed by atoms with Gasteiger partial charge in [-0.1, -0.05) is 20.8 Å². The van der Waals surface area contributed by atoms with Crippen molar-refractivity contribution in [3.05, 3.63) is 23.5 Å². The molecule has 19 heavy (non-hydrogen) atoms. The molecule has 1 fully saturated rings. The Kier molecular flexibility index (Phi) is 3.86. The van der Waals surface area contributed by atoms with E-state index in [1.807, 2.05) is 0 Å². The SMILES string of the molecule is Cc1ccc(N2CC(C(C)(C)C)NCC2C)c(C)n1. The maximum atomic E-state index is 4.61. The van der Waals surface area contributed by atoms with E-state index >= 15 is 0 Å². The van der Waals surface area contributed by atoms with E-state index in [0.29, 0.717) is 12.1 Å². The van der Waals surface area contributed by atoms with Crippen molar-refractivity contribution in [1.82, 2.24) is 10.3 Å². The van der Waals surface area contributed by atoms with Crippen LogP contribution >= 0.6 is 0 Å². The van der Waals surface area contributed by atoms with Crippen molar-refractivity contribution in [2.45, 2.75) is 53.6 Å². The van der Waals surface area contributed by atoms with E-state index in [0.717, 1.165) is 24.5 Å². The van der Waals surface area contributed by atoms with Crippen LogP contribution in [0.5, 0.6) is 0 Å². The van der Waals surface area contributed by atoms with Gasteiger partial charge in [0.2, 0.25) is 0 Å². The topological polar surface area (TPSA) is 28.2 Å². The highest BCUT2D eigenvalue weighted by atomic mass is 15.2. The lowest BCUT2D eigenvalue weighted by Gasteiger charge is -2.45. The Morgan fingerprint density at radius 3 is 2.53 bits per heavy atom. The summed E-state index contributed by atoms with van der Waals surface area (Å²) in [5, 5.41) is 3.68. The predicted octanol–water partition coefficient (Wildman–Crippen LogP) is 2.91. The van der Waals surface area contributed by atoms with Crippen molar-refractivity contribution < 1.29 is 0 Å². The summed E-state index contributed by atoms with van der Waals surface area (Å²) in [5.41, 5.74) is 3.80. The molecule has 1 aromatic rings. The summed E-state index contributed by atoms with van der Waals surface area (Å²) in [6.45, 7) is 15.5. The number of rotatable bonds is 1. The van der Waals surface area contributed by atoms with E-state index in [-0.39, 0.29) is 5.41 Å². The lowest BCUT2D eigenvalue weighted by atomic mass is 9.84. The van der Waals surface area contributed by atoms with Crippen molar-refractivity contribution in [3.63, 3.8) is 0 Å². The van der Waals surface area contributed by atoms with Crippen LogP contribution in [0.2, 0.25) is 0 Å². The molecule has 0 radical (unpaired) electrons. The Morgan fingerprint density at radius 1 is 1.26 bits per heavy atom. The molecule has 2 atom stereocenters. The van der Waals surface area contributed by atoms with Gasteiger partial charge in [0.1, 0.15) is 0 Å². The number of piperazine rings is 1. The van der Waals surface area contributed by atoms with Crippen molar-refractivity contribution in [3.8, 4) is 0 Å². The highest BCUT2D eigenvalue weighted by Gasteiger charge is 2.33. The third-order valence-electron chi connectivity index (χ3n) is 4.12. The van der Waals surface area contributed by atoms with Gasteiger partial charge in [-0.25, -0.2) is 0 Å². The number of aromatic nitrogens is 1. The minimum Gasteiger partial charge on any atom is -0.365 e. The Balaban J connectivity index is 2.26. The molecule has 3 nitrogen and oxygen atoms in total. The number of anilines is 1. The number of hydrogen-bond donors (Lipinski definition) is 1. The second-order valence-corrected chi connectivity index (χ2v) is 6.89. The van der Waals surface area contributed by atoms with Gasteiger partial charge in [-0.15, -0.1) is 0 Å². The summed E-state index contributed by atoms with van der Waals surface area (Å²) in [5.74, 6) is 0. The third-order valence-corrected chi connectivity index (χ3v) is 4.12. The van der Waals surface area contributed by atoms with E-state index in [9.17, 15) is 0 Å². The fourth-order valence-electron chi connectivity index (χ4n) is 2.76. The maximum Gasteiger partial charge on any atom is 0.0609 e. The molecule has 1 N–H and O–H groups in total. The normalized spacial score (nSPS) is 24.6. The lowest BCUT2D eigenvalue weighted by molar-refractivity contribution is 0.238. The molecule has 1 aliphatic heterocycles. The van der Waals surface area contributed by atoms with Crippen molar-refractivity contribution in [2.24, 2.45) is 5.41 Å². The standard InChI is InChI=1S/C16H27N3/c1-11-7-8-14(13(3)18-11)19-10-15(16(4,5)6)17-9-12(19)2/h7-8,12,15,17H,9-10H2,1-6H3. The van der Waals surface area contributed by atoms with E-state index in [1.165, 1.54) is 5.69 Å². The van der Waals surface area contributed by atoms with Gasteiger partial charge in [-0.2, -0.15) is 0 Å². The quantitative estimate of drug-likeness (QED) is 0.842. The average Bonchev–Trinajstić information content (AvgIpc) is 2.29. The zero-order chi connectivity index (χ0) is 14.2. The maximum absolute atomic E-state index is 4.61. The van der Waals surface area contributed by atoms with Crippen LogP contribution in [-0.4, -0.2) is 30.2 Å². The summed E-state index contributed by atoms with van der Waals surface area (Å²) < 4.78 is 0. The van der Waals surface area contributed by atoms with Crippen molar-refractivity contribution in [2.75, 3.05) is 18.0 Å². The number of pyridine rings is 1. The number of hydrogen-bond acceptors (Lipinski definition) is 3. The third kappa shape index (κ3) is 3.08. The highest BCUT2D eigenvalue weighted by Crippen LogP contribution is 2.28. The molecule has 0 amide bonds. The summed E-state index contributed by atoms with van der Waals surface area (Å²) >= 11 is 0. The summed E-state index contributed by atoms with van der Waals surface area (Å²) in [7, 11) is 0. The van der Waals surface area contributed by atoms with E-state index in [2.05, 4.69) is 68.9 Å². The van der Waals surface area contributed by atoms with Crippen LogP contribution in [-0.2, 0) is 0 Å². The van der Waals surface area contributed by atoms with Crippen molar-refractivity contribution >= 4 is 5.69 Å². The number of nitrogens with zero attached hydrogens (tertiary/aromatic N) is 2. The molecule has 0 aliphatic carbocycles. The Bertz CT molecular complexity index is 448. The molecule has 1 saturated heterocycles. The minimum absolute atomic E-state index is 0.282. The van der Waals surface area contributed by atoms with Crippen LogP contribution in [0.25, 0.3) is 0 Å². The monoisotopic (exact) mass is 261 g/mol. The van der Waals surface area contributed by atoms with Crippen molar-refractivity contribution in [1.29, 1.82) is 0 Å². The molecule has 1 aliphatic rings. The van der Waals surface area contributed by atoms with E-state index < -0.39 is 0 Å². The molecular weight excluding hydrogens is 234 g/mol. The van der Waals surface area contributed by atoms with E-state index in [4.69, 9.17) is 0 Å². The van der Waals surface area contributed by atoms with Gasteiger partial charge in [-0.3, -0.25) is 4.98 Å². The summed E-state index contributed by atoms with van der Waals surface area (Å²) in [4.78, 5) is 7.12. The first kappa shape index (κ1) is 14.3. The number of aryl methyl sites for hydroxylation is 2. The molecule has 1 aromatic heterocycles. The van der Waals surface area contributed by atoms with Gasteiger partial charge in [0, 0.05) is 30.9 Å². The van der Waals surface area contributed by atoms with Crippen LogP contribution in [0, 0.1) is 19.3 Å². The first-order chi connectivity index (χ1) is 8.79. The van der Waals surface area contributed by atoms with Gasteiger partial charge >= 0.3 is 0 Å². The Hall–Kier alpha value is -1.09. The van der Waals surface area contributed by atoms with Gasteiger partial charge in [0.05, 0.1) is 11.4 Å². The summed E-state index contributed by atoms with van der Waals surface area (Å²) in [6.07, 6.45) is 0. The Morgan fingerprint density at radius 2 is 1.95 bits per heavy atom. The first-order valence-electron chi connectivity index (χ1n) is 7.23. The molecule has 0 saturated carbocycles. The van der Waals surface area contributed by atoms with Crippen LogP contribution < -0.4 is 10.2 Å². The molecule has 106 valence electrons. The zero-order valence-electron chi connectivity index (χ0n) is 13.1. The van der Waals surface area contributed by atoms with Crippen LogP contribution in [0.15, 0.2) is 12.1 Å². The molecule has 0 bridgehead atoms. The molecule has 3 heteroatoms. The molecule has 2 heterocycles. The van der Waals surface area contributed by atoms with Gasteiger partial charge in [0.15, 0.2) is 0 Å². The lowest BCUT2D eigenvalue weighted by Crippen LogP contribution is -2.59. The molecule has 2 rings (SSSR count). The van der Waals surface area contributed by atoms with Gasteiger partial charge in [0.25, 0.3) is 0 Å². The second-order valence-electron chi connectivity index (χ2n) is 6.89. The average molecular weight is 261 g/mol. The highest BCUT2D eigenvalue weighted by molar-refractivity contribution is 5.52. The van der Waals surface area contributed by atoms with Gasteiger partial charge in [-0.05, 0) is 38.3 Å². The molecule has 2 unspecified atom stereocenters. The smallest absolute Gasteiger partial charge is 0.0609 e. The first-order valence-corrected chi connectivity index (χ1v) is 7.23. The van der Waals surface area contributed by atoms with Crippen LogP contribution in [0.4, 0.5) is 5.69 Å². The van der Waals surface area contributed by atoms with Crippen LogP contribution in [0.3, 0.4) is 0 Å². The Labute approximate surface area is 117 Å². The molecular formula is C16H27N3. The summed E-state index contributed by atoms with van der Waals surface area (Å²) in [6, 6.07) is 5.37. The molecule has 0 aromatic carbocycles. The largest absolute Gasteiger partial charge is 0.365 e. The molecule has 0 spiro atoms. The minimum atomic E-state index is 0.282. The van der Waals surface area contributed by atoms with Gasteiger partial charge < -0.3 is 10.2 Å². The predicted molar refractivity (Wildman–Crippen MR) is 81.8 cm³/mol. The fraction of sp³-hybridized carbons (Fsp3) is 0.688. The zero-order valence-corrected chi connectivity index (χ0v) is 13.1. The fourth-order valence-corrected chi connectivity index (χ4v) is 2.76. The second kappa shape index (κ2) is 5.12. The van der Waals surface area contributed by atoms with E-state index in [1.54, 1.807) is 0 Å². The van der Waals surface area contributed by atoms with Crippen LogP contribution in [0.1, 0.15) is 39.1 Å².